The number of methoxy groups -OCH3 is 2. The second kappa shape index (κ2) is 6.49. The quantitative estimate of drug-likeness (QED) is 0.748. The second-order valence-corrected chi connectivity index (χ2v) is 5.13. The SMILES string of the molecule is COc1cc(OC)cc(C(=O)NCc2ccc3oc(=O)[nH]c3c2)c1. The molecule has 3 rings (SSSR count). The third-order valence-corrected chi connectivity index (χ3v) is 3.55. The van der Waals surface area contributed by atoms with Crippen LogP contribution in [0.15, 0.2) is 45.6 Å². The molecule has 0 aliphatic rings. The molecule has 124 valence electrons. The number of amides is 1. The van der Waals surface area contributed by atoms with Crippen LogP contribution in [0, 0.1) is 0 Å². The predicted molar refractivity (Wildman–Crippen MR) is 87.6 cm³/mol. The summed E-state index contributed by atoms with van der Waals surface area (Å²) in [4.78, 5) is 26.1. The average molecular weight is 328 g/mol. The summed E-state index contributed by atoms with van der Waals surface area (Å²) in [6.07, 6.45) is 0. The normalized spacial score (nSPS) is 10.6. The number of rotatable bonds is 5. The molecule has 7 heteroatoms. The molecule has 1 aromatic heterocycles. The lowest BCUT2D eigenvalue weighted by molar-refractivity contribution is 0.0950. The van der Waals surface area contributed by atoms with Crippen LogP contribution in [0.4, 0.5) is 0 Å². The van der Waals surface area contributed by atoms with Crippen LogP contribution in [0.3, 0.4) is 0 Å². The topological polar surface area (TPSA) is 93.6 Å². The molecule has 0 atom stereocenters. The zero-order chi connectivity index (χ0) is 17.1. The highest BCUT2D eigenvalue weighted by Crippen LogP contribution is 2.22. The fourth-order valence-corrected chi connectivity index (χ4v) is 2.33. The number of H-pyrrole nitrogens is 1. The lowest BCUT2D eigenvalue weighted by atomic mass is 10.1. The molecule has 0 aliphatic carbocycles. The van der Waals surface area contributed by atoms with Crippen molar-refractivity contribution in [3.8, 4) is 11.5 Å². The zero-order valence-corrected chi connectivity index (χ0v) is 13.2. The van der Waals surface area contributed by atoms with Crippen molar-refractivity contribution in [1.82, 2.24) is 10.3 Å². The molecule has 0 unspecified atom stereocenters. The van der Waals surface area contributed by atoms with Gasteiger partial charge >= 0.3 is 5.76 Å². The van der Waals surface area contributed by atoms with E-state index in [0.29, 0.717) is 34.7 Å². The standard InChI is InChI=1S/C17H16N2O5/c1-22-12-6-11(7-13(8-12)23-2)16(20)18-9-10-3-4-15-14(5-10)19-17(21)24-15/h3-8H,9H2,1-2H3,(H,18,20)(H,19,21). The summed E-state index contributed by atoms with van der Waals surface area (Å²) in [7, 11) is 3.05. The molecular weight excluding hydrogens is 312 g/mol. The maximum atomic E-state index is 12.3. The Labute approximate surface area is 137 Å². The van der Waals surface area contributed by atoms with Crippen LogP contribution in [-0.2, 0) is 6.54 Å². The molecule has 0 radical (unpaired) electrons. The molecule has 0 bridgehead atoms. The number of benzene rings is 2. The van der Waals surface area contributed by atoms with Crippen LogP contribution >= 0.6 is 0 Å². The summed E-state index contributed by atoms with van der Waals surface area (Å²) in [5.41, 5.74) is 2.34. The minimum atomic E-state index is -0.505. The average Bonchev–Trinajstić information content (AvgIpc) is 2.98. The summed E-state index contributed by atoms with van der Waals surface area (Å²) in [6.45, 7) is 0.307. The van der Waals surface area contributed by atoms with E-state index >= 15 is 0 Å². The van der Waals surface area contributed by atoms with E-state index in [1.807, 2.05) is 0 Å². The van der Waals surface area contributed by atoms with E-state index in [4.69, 9.17) is 13.9 Å². The van der Waals surface area contributed by atoms with E-state index in [2.05, 4.69) is 10.3 Å². The van der Waals surface area contributed by atoms with Gasteiger partial charge in [0.05, 0.1) is 19.7 Å². The number of fused-ring (bicyclic) bond motifs is 1. The van der Waals surface area contributed by atoms with Gasteiger partial charge in [-0.1, -0.05) is 6.07 Å². The number of ether oxygens (including phenoxy) is 2. The fraction of sp³-hybridized carbons (Fsp3) is 0.176. The maximum absolute atomic E-state index is 12.3. The summed E-state index contributed by atoms with van der Waals surface area (Å²) in [5.74, 6) is 0.316. The lowest BCUT2D eigenvalue weighted by Gasteiger charge is -2.09. The van der Waals surface area contributed by atoms with Gasteiger partial charge in [-0.15, -0.1) is 0 Å². The first-order chi connectivity index (χ1) is 11.6. The summed E-state index contributed by atoms with van der Waals surface area (Å²) in [5, 5.41) is 2.82. The highest BCUT2D eigenvalue weighted by molar-refractivity contribution is 5.95. The first-order valence-corrected chi connectivity index (χ1v) is 7.22. The van der Waals surface area contributed by atoms with E-state index in [1.54, 1.807) is 36.4 Å². The molecular formula is C17H16N2O5. The van der Waals surface area contributed by atoms with Crippen LogP contribution in [0.2, 0.25) is 0 Å². The largest absolute Gasteiger partial charge is 0.497 e. The van der Waals surface area contributed by atoms with E-state index in [9.17, 15) is 9.59 Å². The predicted octanol–water partition coefficient (Wildman–Crippen LogP) is 2.07. The smallest absolute Gasteiger partial charge is 0.417 e. The van der Waals surface area contributed by atoms with Crippen molar-refractivity contribution in [3.05, 3.63) is 58.1 Å². The maximum Gasteiger partial charge on any atom is 0.417 e. The van der Waals surface area contributed by atoms with Crippen LogP contribution in [0.5, 0.6) is 11.5 Å². The molecule has 7 nitrogen and oxygen atoms in total. The number of carbonyl (C=O) groups excluding carboxylic acids is 1. The van der Waals surface area contributed by atoms with Gasteiger partial charge in [-0.05, 0) is 29.8 Å². The van der Waals surface area contributed by atoms with Gasteiger partial charge in [0.1, 0.15) is 11.5 Å². The first kappa shape index (κ1) is 15.7. The Morgan fingerprint density at radius 2 is 1.83 bits per heavy atom. The van der Waals surface area contributed by atoms with Gasteiger partial charge in [-0.2, -0.15) is 0 Å². The van der Waals surface area contributed by atoms with Crippen molar-refractivity contribution in [2.75, 3.05) is 14.2 Å². The van der Waals surface area contributed by atoms with Gasteiger partial charge in [0, 0.05) is 18.2 Å². The Balaban J connectivity index is 1.75. The fourth-order valence-electron chi connectivity index (χ4n) is 2.33. The summed E-state index contributed by atoms with van der Waals surface area (Å²) in [6, 6.07) is 10.2. The van der Waals surface area contributed by atoms with Gasteiger partial charge < -0.3 is 19.2 Å². The molecule has 0 spiro atoms. The summed E-state index contributed by atoms with van der Waals surface area (Å²) >= 11 is 0. The Bertz CT molecular complexity index is 919. The molecule has 24 heavy (non-hydrogen) atoms. The van der Waals surface area contributed by atoms with Crippen LogP contribution in [-0.4, -0.2) is 25.1 Å². The van der Waals surface area contributed by atoms with Crippen LogP contribution in [0.25, 0.3) is 11.1 Å². The van der Waals surface area contributed by atoms with Crippen molar-refractivity contribution in [1.29, 1.82) is 0 Å². The van der Waals surface area contributed by atoms with Gasteiger partial charge in [-0.25, -0.2) is 4.79 Å². The van der Waals surface area contributed by atoms with E-state index in [1.165, 1.54) is 14.2 Å². The molecule has 0 saturated carbocycles. The van der Waals surface area contributed by atoms with Crippen molar-refractivity contribution in [2.24, 2.45) is 0 Å². The molecule has 0 aliphatic heterocycles. The number of hydrogen-bond acceptors (Lipinski definition) is 5. The van der Waals surface area contributed by atoms with Crippen molar-refractivity contribution < 1.29 is 18.7 Å². The third kappa shape index (κ3) is 3.24. The minimum absolute atomic E-state index is 0.256. The van der Waals surface area contributed by atoms with Crippen molar-refractivity contribution >= 4 is 17.0 Å². The van der Waals surface area contributed by atoms with Gasteiger partial charge in [0.15, 0.2) is 5.58 Å². The zero-order valence-electron chi connectivity index (χ0n) is 13.2. The number of hydrogen-bond donors (Lipinski definition) is 2. The number of oxazole rings is 1. The van der Waals surface area contributed by atoms with Gasteiger partial charge in [-0.3, -0.25) is 9.78 Å². The molecule has 2 N–H and O–H groups in total. The molecule has 3 aromatic rings. The highest BCUT2D eigenvalue weighted by Gasteiger charge is 2.10. The molecule has 2 aromatic carbocycles. The Kier molecular flexibility index (Phi) is 4.24. The number of aromatic amines is 1. The number of carbonyl (C=O) groups is 1. The van der Waals surface area contributed by atoms with Crippen LogP contribution in [0.1, 0.15) is 15.9 Å². The second-order valence-electron chi connectivity index (χ2n) is 5.13. The first-order valence-electron chi connectivity index (χ1n) is 7.22. The monoisotopic (exact) mass is 328 g/mol. The van der Waals surface area contributed by atoms with Crippen LogP contribution < -0.4 is 20.5 Å². The Morgan fingerprint density at radius 1 is 1.12 bits per heavy atom. The lowest BCUT2D eigenvalue weighted by Crippen LogP contribution is -2.22. The molecule has 0 saturated heterocycles. The third-order valence-electron chi connectivity index (χ3n) is 3.55. The van der Waals surface area contributed by atoms with Gasteiger partial charge in [0.25, 0.3) is 5.91 Å². The highest BCUT2D eigenvalue weighted by atomic mass is 16.5. The van der Waals surface area contributed by atoms with E-state index in [0.717, 1.165) is 5.56 Å². The minimum Gasteiger partial charge on any atom is -0.497 e. The van der Waals surface area contributed by atoms with E-state index < -0.39 is 5.76 Å². The Hall–Kier alpha value is -3.22. The number of aromatic nitrogens is 1. The van der Waals surface area contributed by atoms with Crippen molar-refractivity contribution in [3.63, 3.8) is 0 Å². The number of nitrogens with one attached hydrogen (secondary N) is 2. The molecule has 1 amide bonds. The Morgan fingerprint density at radius 3 is 2.50 bits per heavy atom. The van der Waals surface area contributed by atoms with Crippen molar-refractivity contribution in [2.45, 2.75) is 6.54 Å². The molecule has 0 fully saturated rings. The van der Waals surface area contributed by atoms with Gasteiger partial charge in [0.2, 0.25) is 0 Å². The summed E-state index contributed by atoms with van der Waals surface area (Å²) < 4.78 is 15.3. The van der Waals surface area contributed by atoms with E-state index in [-0.39, 0.29) is 5.91 Å². The molecule has 1 heterocycles.